The van der Waals surface area contributed by atoms with Crippen LogP contribution in [0.4, 0.5) is 4.39 Å². The fourth-order valence-corrected chi connectivity index (χ4v) is 3.60. The standard InChI is InChI=1S/C16H19FN2O2/c1-18-13-8-19(11-3-2-4-11)9-15(13)21-14-7-10(17)5-6-12(14)16(18)20/h5-7,11,13,15H,2-4,8-9H2,1H3. The van der Waals surface area contributed by atoms with Gasteiger partial charge in [-0.05, 0) is 25.0 Å². The maximum atomic E-state index is 13.4. The second-order valence-corrected chi connectivity index (χ2v) is 6.32. The van der Waals surface area contributed by atoms with Gasteiger partial charge in [0.2, 0.25) is 0 Å². The van der Waals surface area contributed by atoms with Crippen molar-refractivity contribution >= 4 is 5.91 Å². The number of amides is 1. The third-order valence-electron chi connectivity index (χ3n) is 5.13. The van der Waals surface area contributed by atoms with E-state index >= 15 is 0 Å². The highest BCUT2D eigenvalue weighted by Crippen LogP contribution is 2.34. The van der Waals surface area contributed by atoms with E-state index in [-0.39, 0.29) is 23.9 Å². The van der Waals surface area contributed by atoms with Gasteiger partial charge in [0, 0.05) is 32.2 Å². The first kappa shape index (κ1) is 13.1. The van der Waals surface area contributed by atoms with Crippen molar-refractivity contribution in [1.29, 1.82) is 0 Å². The van der Waals surface area contributed by atoms with Gasteiger partial charge in [-0.1, -0.05) is 6.42 Å². The quantitative estimate of drug-likeness (QED) is 0.792. The van der Waals surface area contributed by atoms with Crippen LogP contribution in [0.5, 0.6) is 5.75 Å². The van der Waals surface area contributed by atoms with Crippen LogP contribution in [0, 0.1) is 5.82 Å². The number of likely N-dealkylation sites (N-methyl/N-ethyl adjacent to an activating group) is 1. The van der Waals surface area contributed by atoms with Crippen molar-refractivity contribution in [1.82, 2.24) is 9.80 Å². The lowest BCUT2D eigenvalue weighted by Gasteiger charge is -2.35. The van der Waals surface area contributed by atoms with E-state index in [1.807, 2.05) is 7.05 Å². The molecule has 0 aromatic heterocycles. The zero-order valence-corrected chi connectivity index (χ0v) is 12.1. The number of hydrogen-bond donors (Lipinski definition) is 0. The number of nitrogens with zero attached hydrogens (tertiary/aromatic N) is 2. The molecule has 3 aliphatic rings. The third kappa shape index (κ3) is 2.02. The van der Waals surface area contributed by atoms with Crippen LogP contribution in [-0.2, 0) is 0 Å². The molecule has 0 spiro atoms. The van der Waals surface area contributed by atoms with Gasteiger partial charge >= 0.3 is 0 Å². The molecule has 1 saturated heterocycles. The number of carbonyl (C=O) groups is 1. The number of ether oxygens (including phenoxy) is 1. The highest BCUT2D eigenvalue weighted by molar-refractivity contribution is 5.97. The summed E-state index contributed by atoms with van der Waals surface area (Å²) in [5.41, 5.74) is 0.462. The average molecular weight is 290 g/mol. The summed E-state index contributed by atoms with van der Waals surface area (Å²) in [6.07, 6.45) is 3.70. The van der Waals surface area contributed by atoms with E-state index in [2.05, 4.69) is 4.90 Å². The zero-order valence-electron chi connectivity index (χ0n) is 12.1. The van der Waals surface area contributed by atoms with Gasteiger partial charge in [-0.3, -0.25) is 9.69 Å². The highest BCUT2D eigenvalue weighted by Gasteiger charge is 2.44. The van der Waals surface area contributed by atoms with Gasteiger partial charge in [0.15, 0.2) is 0 Å². The largest absolute Gasteiger partial charge is 0.486 e. The number of carbonyl (C=O) groups excluding carboxylic acids is 1. The van der Waals surface area contributed by atoms with E-state index in [1.165, 1.54) is 37.5 Å². The lowest BCUT2D eigenvalue weighted by molar-refractivity contribution is 0.0679. The minimum absolute atomic E-state index is 0.0496. The first-order chi connectivity index (χ1) is 10.1. The van der Waals surface area contributed by atoms with Gasteiger partial charge in [0.1, 0.15) is 17.7 Å². The minimum atomic E-state index is -0.364. The summed E-state index contributed by atoms with van der Waals surface area (Å²) in [6, 6.07) is 4.85. The van der Waals surface area contributed by atoms with Gasteiger partial charge in [-0.15, -0.1) is 0 Å². The fourth-order valence-electron chi connectivity index (χ4n) is 3.60. The molecule has 0 N–H and O–H groups in total. The SMILES string of the molecule is CN1C(=O)c2ccc(F)cc2OC2CN(C3CCC3)CC21. The molecule has 2 unspecified atom stereocenters. The van der Waals surface area contributed by atoms with Gasteiger partial charge in [-0.2, -0.15) is 0 Å². The van der Waals surface area contributed by atoms with Crippen LogP contribution in [0.2, 0.25) is 0 Å². The predicted octanol–water partition coefficient (Wildman–Crippen LogP) is 1.90. The first-order valence-electron chi connectivity index (χ1n) is 7.61. The molecule has 0 radical (unpaired) electrons. The molecule has 2 heterocycles. The molecule has 0 bridgehead atoms. The Morgan fingerprint density at radius 1 is 1.29 bits per heavy atom. The fraction of sp³-hybridized carbons (Fsp3) is 0.562. The molecule has 2 atom stereocenters. The summed E-state index contributed by atoms with van der Waals surface area (Å²) < 4.78 is 19.5. The number of halogens is 1. The number of hydrogen-bond acceptors (Lipinski definition) is 3. The third-order valence-corrected chi connectivity index (χ3v) is 5.13. The second-order valence-electron chi connectivity index (χ2n) is 6.32. The van der Waals surface area contributed by atoms with Crippen molar-refractivity contribution in [2.45, 2.75) is 37.5 Å². The number of likely N-dealkylation sites (tertiary alicyclic amines) is 1. The Morgan fingerprint density at radius 3 is 2.81 bits per heavy atom. The molecule has 2 fully saturated rings. The molecular formula is C16H19FN2O2. The van der Waals surface area contributed by atoms with Crippen LogP contribution in [0.3, 0.4) is 0 Å². The van der Waals surface area contributed by atoms with Crippen molar-refractivity contribution < 1.29 is 13.9 Å². The molecule has 1 amide bonds. The Labute approximate surface area is 123 Å². The lowest BCUT2D eigenvalue weighted by atomic mass is 9.92. The summed E-state index contributed by atoms with van der Waals surface area (Å²) in [5, 5.41) is 0. The Bertz CT molecular complexity index is 588. The van der Waals surface area contributed by atoms with Crippen molar-refractivity contribution in [2.75, 3.05) is 20.1 Å². The van der Waals surface area contributed by atoms with Crippen LogP contribution >= 0.6 is 0 Å². The Hall–Kier alpha value is -1.62. The molecule has 1 aliphatic carbocycles. The molecule has 5 heteroatoms. The summed E-state index contributed by atoms with van der Waals surface area (Å²) >= 11 is 0. The van der Waals surface area contributed by atoms with E-state index in [0.29, 0.717) is 17.4 Å². The molecule has 4 nitrogen and oxygen atoms in total. The molecule has 112 valence electrons. The van der Waals surface area contributed by atoms with Crippen LogP contribution in [0.15, 0.2) is 18.2 Å². The Kier molecular flexibility index (Phi) is 2.92. The van der Waals surface area contributed by atoms with Gasteiger partial charge in [0.05, 0.1) is 11.6 Å². The lowest BCUT2D eigenvalue weighted by Crippen LogP contribution is -2.44. The second kappa shape index (κ2) is 4.70. The van der Waals surface area contributed by atoms with Gasteiger partial charge in [0.25, 0.3) is 5.91 Å². The van der Waals surface area contributed by atoms with Crippen LogP contribution < -0.4 is 4.74 Å². The van der Waals surface area contributed by atoms with Crippen molar-refractivity contribution in [2.24, 2.45) is 0 Å². The van der Waals surface area contributed by atoms with E-state index in [4.69, 9.17) is 4.74 Å². The van der Waals surface area contributed by atoms with Gasteiger partial charge < -0.3 is 9.64 Å². The van der Waals surface area contributed by atoms with Crippen LogP contribution in [0.25, 0.3) is 0 Å². The molecular weight excluding hydrogens is 271 g/mol. The monoisotopic (exact) mass is 290 g/mol. The maximum absolute atomic E-state index is 13.4. The molecule has 1 saturated carbocycles. The Balaban J connectivity index is 1.65. The van der Waals surface area contributed by atoms with E-state index < -0.39 is 0 Å². The van der Waals surface area contributed by atoms with Crippen molar-refractivity contribution in [3.8, 4) is 5.75 Å². The highest BCUT2D eigenvalue weighted by atomic mass is 19.1. The number of rotatable bonds is 1. The summed E-state index contributed by atoms with van der Waals surface area (Å²) in [7, 11) is 1.83. The van der Waals surface area contributed by atoms with Gasteiger partial charge in [-0.25, -0.2) is 4.39 Å². The first-order valence-corrected chi connectivity index (χ1v) is 7.61. The number of benzene rings is 1. The predicted molar refractivity (Wildman–Crippen MR) is 75.9 cm³/mol. The Morgan fingerprint density at radius 2 is 2.10 bits per heavy atom. The zero-order chi connectivity index (χ0) is 14.6. The summed E-state index contributed by atoms with van der Waals surface area (Å²) in [6.45, 7) is 1.68. The van der Waals surface area contributed by atoms with Crippen LogP contribution in [0.1, 0.15) is 29.6 Å². The van der Waals surface area contributed by atoms with E-state index in [9.17, 15) is 9.18 Å². The summed E-state index contributed by atoms with van der Waals surface area (Å²) in [4.78, 5) is 16.7. The average Bonchev–Trinajstić information content (AvgIpc) is 2.75. The van der Waals surface area contributed by atoms with Crippen LogP contribution in [-0.4, -0.2) is 54.0 Å². The topological polar surface area (TPSA) is 32.8 Å². The van der Waals surface area contributed by atoms with Crippen molar-refractivity contribution in [3.63, 3.8) is 0 Å². The molecule has 1 aromatic carbocycles. The normalized spacial score (nSPS) is 29.4. The summed E-state index contributed by atoms with van der Waals surface area (Å²) in [5.74, 6) is -0.0562. The van der Waals surface area contributed by atoms with E-state index in [0.717, 1.165) is 13.1 Å². The maximum Gasteiger partial charge on any atom is 0.257 e. The minimum Gasteiger partial charge on any atom is -0.486 e. The molecule has 21 heavy (non-hydrogen) atoms. The molecule has 4 rings (SSSR count). The molecule has 2 aliphatic heterocycles. The number of fused-ring (bicyclic) bond motifs is 2. The van der Waals surface area contributed by atoms with E-state index in [1.54, 1.807) is 4.90 Å². The molecule has 1 aromatic rings. The smallest absolute Gasteiger partial charge is 0.257 e. The van der Waals surface area contributed by atoms with Crippen molar-refractivity contribution in [3.05, 3.63) is 29.6 Å².